The Labute approximate surface area is 99.7 Å². The van der Waals surface area contributed by atoms with Gasteiger partial charge < -0.3 is 15.8 Å². The summed E-state index contributed by atoms with van der Waals surface area (Å²) in [5.41, 5.74) is 6.12. The van der Waals surface area contributed by atoms with Crippen molar-refractivity contribution >= 4 is 17.7 Å². The Morgan fingerprint density at radius 3 is 2.94 bits per heavy atom. The molecule has 0 heterocycles. The van der Waals surface area contributed by atoms with Gasteiger partial charge in [0, 0.05) is 11.6 Å². The second kappa shape index (κ2) is 6.35. The monoisotopic (exact) mass is 242 g/mol. The first-order valence-electron chi connectivity index (χ1n) is 5.05. The Hall–Kier alpha value is -1.26. The Morgan fingerprint density at radius 1 is 1.56 bits per heavy atom. The molecule has 0 unspecified atom stereocenters. The van der Waals surface area contributed by atoms with Gasteiger partial charge in [-0.2, -0.15) is 0 Å². The molecule has 1 amide bonds. The van der Waals surface area contributed by atoms with Crippen LogP contribution in [0.5, 0.6) is 5.75 Å². The number of carbonyl (C=O) groups is 1. The third kappa shape index (κ3) is 4.08. The molecule has 0 bridgehead atoms. The van der Waals surface area contributed by atoms with Gasteiger partial charge in [0.2, 0.25) is 0 Å². The number of ether oxygens (including phenoxy) is 1. The molecule has 0 fully saturated rings. The molecule has 0 aliphatic heterocycles. The first-order chi connectivity index (χ1) is 7.63. The quantitative estimate of drug-likeness (QED) is 0.795. The van der Waals surface area contributed by atoms with E-state index in [-0.39, 0.29) is 0 Å². The Balaban J connectivity index is 2.49. The van der Waals surface area contributed by atoms with Gasteiger partial charge in [0.25, 0.3) is 0 Å². The van der Waals surface area contributed by atoms with E-state index in [1.165, 1.54) is 0 Å². The second-order valence-corrected chi connectivity index (χ2v) is 3.80. The molecule has 0 radical (unpaired) electrons. The second-order valence-electron chi connectivity index (χ2n) is 3.37. The van der Waals surface area contributed by atoms with E-state index in [0.29, 0.717) is 23.9 Å². The zero-order chi connectivity index (χ0) is 12.0. The lowest BCUT2D eigenvalue weighted by Crippen LogP contribution is -2.29. The summed E-state index contributed by atoms with van der Waals surface area (Å²) in [6, 6.07) is 5.08. The molecule has 0 aliphatic rings. The van der Waals surface area contributed by atoms with Gasteiger partial charge in [0.05, 0.1) is 0 Å². The van der Waals surface area contributed by atoms with Crippen LogP contribution in [0.2, 0.25) is 5.02 Å². The van der Waals surface area contributed by atoms with Crippen LogP contribution < -0.4 is 15.8 Å². The predicted octanol–water partition coefficient (Wildman–Crippen LogP) is 2.09. The van der Waals surface area contributed by atoms with Crippen molar-refractivity contribution in [1.82, 2.24) is 5.32 Å². The first kappa shape index (κ1) is 12.8. The van der Waals surface area contributed by atoms with Crippen LogP contribution in [0.1, 0.15) is 12.0 Å². The van der Waals surface area contributed by atoms with Gasteiger partial charge in [0.1, 0.15) is 5.75 Å². The Kier molecular flexibility index (Phi) is 5.08. The molecule has 5 heteroatoms. The van der Waals surface area contributed by atoms with Gasteiger partial charge >= 0.3 is 6.09 Å². The van der Waals surface area contributed by atoms with Crippen LogP contribution in [0.4, 0.5) is 4.79 Å². The van der Waals surface area contributed by atoms with Crippen molar-refractivity contribution in [3.05, 3.63) is 28.8 Å². The number of hydrogen-bond donors (Lipinski definition) is 2. The highest BCUT2D eigenvalue weighted by atomic mass is 35.5. The van der Waals surface area contributed by atoms with E-state index in [1.54, 1.807) is 18.2 Å². The number of halogens is 1. The normalized spacial score (nSPS) is 9.94. The van der Waals surface area contributed by atoms with Gasteiger partial charge in [-0.05, 0) is 43.7 Å². The molecular formula is C11H15ClN2O2. The lowest BCUT2D eigenvalue weighted by molar-refractivity contribution is 0.200. The SMILES string of the molecule is Cc1cc(Cl)ccc1OC(=O)NCCCN. The molecule has 0 aliphatic carbocycles. The average molecular weight is 243 g/mol. The molecule has 4 nitrogen and oxygen atoms in total. The maximum absolute atomic E-state index is 11.3. The van der Waals surface area contributed by atoms with E-state index < -0.39 is 6.09 Å². The van der Waals surface area contributed by atoms with Crippen LogP contribution >= 0.6 is 11.6 Å². The van der Waals surface area contributed by atoms with Gasteiger partial charge in [-0.3, -0.25) is 0 Å². The molecule has 0 aromatic heterocycles. The fourth-order valence-electron chi connectivity index (χ4n) is 1.16. The first-order valence-corrected chi connectivity index (χ1v) is 5.43. The van der Waals surface area contributed by atoms with E-state index in [4.69, 9.17) is 22.1 Å². The van der Waals surface area contributed by atoms with Crippen LogP contribution in [-0.4, -0.2) is 19.2 Å². The summed E-state index contributed by atoms with van der Waals surface area (Å²) >= 11 is 5.79. The lowest BCUT2D eigenvalue weighted by atomic mass is 10.2. The minimum Gasteiger partial charge on any atom is -0.410 e. The van der Waals surface area contributed by atoms with Crippen molar-refractivity contribution in [3.63, 3.8) is 0 Å². The topological polar surface area (TPSA) is 64.3 Å². The van der Waals surface area contributed by atoms with Gasteiger partial charge in [-0.15, -0.1) is 0 Å². The number of benzene rings is 1. The summed E-state index contributed by atoms with van der Waals surface area (Å²) in [5, 5.41) is 3.22. The van der Waals surface area contributed by atoms with Crippen LogP contribution in [0.15, 0.2) is 18.2 Å². The number of nitrogens with two attached hydrogens (primary N) is 1. The Bertz CT molecular complexity index is 369. The summed E-state index contributed by atoms with van der Waals surface area (Å²) in [7, 11) is 0. The lowest BCUT2D eigenvalue weighted by Gasteiger charge is -2.08. The molecular weight excluding hydrogens is 228 g/mol. The predicted molar refractivity (Wildman–Crippen MR) is 63.9 cm³/mol. The molecule has 0 saturated heterocycles. The maximum atomic E-state index is 11.3. The van der Waals surface area contributed by atoms with Crippen molar-refractivity contribution in [3.8, 4) is 5.75 Å². The summed E-state index contributed by atoms with van der Waals surface area (Å²) in [5.74, 6) is 0.509. The highest BCUT2D eigenvalue weighted by Crippen LogP contribution is 2.21. The van der Waals surface area contributed by atoms with Crippen molar-refractivity contribution in [1.29, 1.82) is 0 Å². The van der Waals surface area contributed by atoms with Crippen LogP contribution in [0.25, 0.3) is 0 Å². The van der Waals surface area contributed by atoms with E-state index in [9.17, 15) is 4.79 Å². The summed E-state index contributed by atoms with van der Waals surface area (Å²) in [6.45, 7) is 2.89. The fourth-order valence-corrected chi connectivity index (χ4v) is 1.38. The summed E-state index contributed by atoms with van der Waals surface area (Å²) < 4.78 is 5.10. The molecule has 0 saturated carbocycles. The molecule has 88 valence electrons. The number of amides is 1. The van der Waals surface area contributed by atoms with Crippen molar-refractivity contribution < 1.29 is 9.53 Å². The van der Waals surface area contributed by atoms with E-state index in [0.717, 1.165) is 12.0 Å². The summed E-state index contributed by atoms with van der Waals surface area (Å²) in [4.78, 5) is 11.3. The number of hydrogen-bond acceptors (Lipinski definition) is 3. The standard InChI is InChI=1S/C11H15ClN2O2/c1-8-7-9(12)3-4-10(8)16-11(15)14-6-2-5-13/h3-4,7H,2,5-6,13H2,1H3,(H,14,15). The van der Waals surface area contributed by atoms with Crippen molar-refractivity contribution in [2.75, 3.05) is 13.1 Å². The third-order valence-electron chi connectivity index (χ3n) is 1.99. The number of nitrogens with one attached hydrogen (secondary N) is 1. The van der Waals surface area contributed by atoms with Crippen LogP contribution in [0, 0.1) is 6.92 Å². The van der Waals surface area contributed by atoms with Crippen molar-refractivity contribution in [2.24, 2.45) is 5.73 Å². The minimum atomic E-state index is -0.473. The van der Waals surface area contributed by atoms with Gasteiger partial charge in [0.15, 0.2) is 0 Å². The van der Waals surface area contributed by atoms with E-state index >= 15 is 0 Å². The smallest absolute Gasteiger partial charge is 0.410 e. The van der Waals surface area contributed by atoms with Crippen LogP contribution in [0.3, 0.4) is 0 Å². The van der Waals surface area contributed by atoms with Crippen molar-refractivity contribution in [2.45, 2.75) is 13.3 Å². The van der Waals surface area contributed by atoms with Gasteiger partial charge in [-0.25, -0.2) is 4.79 Å². The maximum Gasteiger partial charge on any atom is 0.412 e. The molecule has 1 rings (SSSR count). The summed E-state index contributed by atoms with van der Waals surface area (Å²) in [6.07, 6.45) is 0.258. The highest BCUT2D eigenvalue weighted by molar-refractivity contribution is 6.30. The molecule has 3 N–H and O–H groups in total. The van der Waals surface area contributed by atoms with Crippen LogP contribution in [-0.2, 0) is 0 Å². The van der Waals surface area contributed by atoms with E-state index in [1.807, 2.05) is 6.92 Å². The number of aryl methyl sites for hydroxylation is 1. The van der Waals surface area contributed by atoms with E-state index in [2.05, 4.69) is 5.32 Å². The Morgan fingerprint density at radius 2 is 2.31 bits per heavy atom. The zero-order valence-corrected chi connectivity index (χ0v) is 9.88. The highest BCUT2D eigenvalue weighted by Gasteiger charge is 2.06. The minimum absolute atomic E-state index is 0.473. The largest absolute Gasteiger partial charge is 0.412 e. The third-order valence-corrected chi connectivity index (χ3v) is 2.22. The molecule has 16 heavy (non-hydrogen) atoms. The fraction of sp³-hybridized carbons (Fsp3) is 0.364. The number of rotatable bonds is 4. The number of carbonyl (C=O) groups excluding carboxylic acids is 1. The molecule has 0 spiro atoms. The molecule has 1 aromatic rings. The molecule has 0 atom stereocenters. The van der Waals surface area contributed by atoms with Gasteiger partial charge in [-0.1, -0.05) is 11.6 Å². The molecule has 1 aromatic carbocycles. The average Bonchev–Trinajstić information content (AvgIpc) is 2.23. The zero-order valence-electron chi connectivity index (χ0n) is 9.13.